The highest BCUT2D eigenvalue weighted by atomic mass is 35.5. The van der Waals surface area contributed by atoms with Crippen molar-refractivity contribution in [2.75, 3.05) is 0 Å². The van der Waals surface area contributed by atoms with Gasteiger partial charge in [0.2, 0.25) is 5.88 Å². The third kappa shape index (κ3) is 3.20. The van der Waals surface area contributed by atoms with E-state index in [-0.39, 0.29) is 0 Å². The number of hydrogen-bond acceptors (Lipinski definition) is 3. The van der Waals surface area contributed by atoms with Crippen molar-refractivity contribution in [2.45, 2.75) is 25.6 Å². The van der Waals surface area contributed by atoms with Gasteiger partial charge in [-0.25, -0.2) is 4.98 Å². The highest BCUT2D eigenvalue weighted by Gasteiger charge is 2.03. The van der Waals surface area contributed by atoms with E-state index in [4.69, 9.17) is 16.3 Å². The fraction of sp³-hybridized carbons (Fsp3) is 0.286. The lowest BCUT2D eigenvalue weighted by Crippen LogP contribution is -1.93. The molecule has 1 aromatic heterocycles. The van der Waals surface area contributed by atoms with Crippen molar-refractivity contribution >= 4 is 11.6 Å². The van der Waals surface area contributed by atoms with E-state index >= 15 is 0 Å². The van der Waals surface area contributed by atoms with Crippen molar-refractivity contribution in [3.05, 3.63) is 47.9 Å². The first-order valence-corrected chi connectivity index (χ1v) is 6.37. The summed E-state index contributed by atoms with van der Waals surface area (Å²) in [6.45, 7) is 4.29. The minimum absolute atomic E-state index is 0.357. The maximum absolute atomic E-state index is 5.65. The van der Waals surface area contributed by atoms with Crippen LogP contribution in [0, 0.1) is 0 Å². The van der Waals surface area contributed by atoms with E-state index in [0.29, 0.717) is 17.7 Å². The molecular weight excluding hydrogens is 248 g/mol. The van der Waals surface area contributed by atoms with Gasteiger partial charge in [-0.3, -0.25) is 4.98 Å². The summed E-state index contributed by atoms with van der Waals surface area (Å²) in [4.78, 5) is 8.28. The summed E-state index contributed by atoms with van der Waals surface area (Å²) >= 11 is 5.65. The molecule has 4 heteroatoms. The van der Waals surface area contributed by atoms with Crippen molar-refractivity contribution in [3.8, 4) is 11.6 Å². The van der Waals surface area contributed by atoms with Gasteiger partial charge in [0.15, 0.2) is 0 Å². The Bertz CT molecular complexity index is 511. The SMILES string of the molecule is CC(C)c1cccc(Oc2cnc(CCl)cn2)c1. The van der Waals surface area contributed by atoms with Crippen molar-refractivity contribution in [1.29, 1.82) is 0 Å². The van der Waals surface area contributed by atoms with Crippen LogP contribution in [0.5, 0.6) is 11.6 Å². The first-order chi connectivity index (χ1) is 8.69. The van der Waals surface area contributed by atoms with E-state index in [1.54, 1.807) is 12.4 Å². The second-order valence-electron chi connectivity index (χ2n) is 4.31. The molecule has 0 aliphatic heterocycles. The average molecular weight is 263 g/mol. The number of ether oxygens (including phenoxy) is 1. The molecule has 2 rings (SSSR count). The zero-order valence-electron chi connectivity index (χ0n) is 10.4. The van der Waals surface area contributed by atoms with E-state index in [1.807, 2.05) is 18.2 Å². The second-order valence-corrected chi connectivity index (χ2v) is 4.58. The third-order valence-electron chi connectivity index (χ3n) is 2.57. The van der Waals surface area contributed by atoms with Crippen molar-refractivity contribution in [3.63, 3.8) is 0 Å². The summed E-state index contributed by atoms with van der Waals surface area (Å²) in [5.41, 5.74) is 1.97. The van der Waals surface area contributed by atoms with Gasteiger partial charge in [-0.1, -0.05) is 26.0 Å². The molecule has 0 amide bonds. The van der Waals surface area contributed by atoms with Gasteiger partial charge in [-0.05, 0) is 23.6 Å². The summed E-state index contributed by atoms with van der Waals surface area (Å²) in [7, 11) is 0. The molecule has 1 aromatic carbocycles. The van der Waals surface area contributed by atoms with Gasteiger partial charge in [0.25, 0.3) is 0 Å². The first-order valence-electron chi connectivity index (χ1n) is 5.83. The first kappa shape index (κ1) is 12.8. The van der Waals surface area contributed by atoms with Crippen LogP contribution in [0.3, 0.4) is 0 Å². The Morgan fingerprint density at radius 1 is 1.22 bits per heavy atom. The van der Waals surface area contributed by atoms with Crippen LogP contribution < -0.4 is 4.74 Å². The van der Waals surface area contributed by atoms with Gasteiger partial charge in [-0.15, -0.1) is 11.6 Å². The van der Waals surface area contributed by atoms with Gasteiger partial charge in [0.1, 0.15) is 5.75 Å². The Balaban J connectivity index is 2.15. The molecule has 0 unspecified atom stereocenters. The summed E-state index contributed by atoms with van der Waals surface area (Å²) in [5, 5.41) is 0. The maximum atomic E-state index is 5.65. The molecular formula is C14H15ClN2O. The maximum Gasteiger partial charge on any atom is 0.237 e. The summed E-state index contributed by atoms with van der Waals surface area (Å²) in [5.74, 6) is 2.08. The Labute approximate surface area is 112 Å². The molecule has 0 saturated carbocycles. The number of hydrogen-bond donors (Lipinski definition) is 0. The Morgan fingerprint density at radius 3 is 2.67 bits per heavy atom. The fourth-order valence-corrected chi connectivity index (χ4v) is 1.66. The van der Waals surface area contributed by atoms with Crippen LogP contribution in [0.25, 0.3) is 0 Å². The lowest BCUT2D eigenvalue weighted by Gasteiger charge is -2.08. The molecule has 0 aliphatic rings. The molecule has 0 saturated heterocycles. The van der Waals surface area contributed by atoms with Gasteiger partial charge in [0.05, 0.1) is 24.0 Å². The van der Waals surface area contributed by atoms with Crippen molar-refractivity contribution in [2.24, 2.45) is 0 Å². The van der Waals surface area contributed by atoms with E-state index in [1.165, 1.54) is 5.56 Å². The molecule has 2 aromatic rings. The Morgan fingerprint density at radius 2 is 2.06 bits per heavy atom. The molecule has 0 aliphatic carbocycles. The zero-order chi connectivity index (χ0) is 13.0. The second kappa shape index (κ2) is 5.83. The van der Waals surface area contributed by atoms with E-state index in [0.717, 1.165) is 11.4 Å². The molecule has 0 radical (unpaired) electrons. The summed E-state index contributed by atoms with van der Waals surface area (Å²) in [6, 6.07) is 7.98. The number of rotatable bonds is 4. The van der Waals surface area contributed by atoms with Gasteiger partial charge >= 0.3 is 0 Å². The van der Waals surface area contributed by atoms with Gasteiger partial charge in [0, 0.05) is 0 Å². The molecule has 0 bridgehead atoms. The normalized spacial score (nSPS) is 10.7. The van der Waals surface area contributed by atoms with Crippen LogP contribution in [0.2, 0.25) is 0 Å². The summed E-state index contributed by atoms with van der Waals surface area (Å²) < 4.78 is 5.65. The van der Waals surface area contributed by atoms with E-state index in [2.05, 4.69) is 29.9 Å². The third-order valence-corrected chi connectivity index (χ3v) is 2.84. The van der Waals surface area contributed by atoms with E-state index in [9.17, 15) is 0 Å². The van der Waals surface area contributed by atoms with Crippen molar-refractivity contribution < 1.29 is 4.74 Å². The van der Waals surface area contributed by atoms with Crippen LogP contribution in [0.15, 0.2) is 36.7 Å². The quantitative estimate of drug-likeness (QED) is 0.777. The number of alkyl halides is 1. The number of halogens is 1. The Kier molecular flexibility index (Phi) is 4.15. The van der Waals surface area contributed by atoms with Crippen LogP contribution in [0.1, 0.15) is 31.0 Å². The van der Waals surface area contributed by atoms with Crippen LogP contribution in [0.4, 0.5) is 0 Å². The zero-order valence-corrected chi connectivity index (χ0v) is 11.2. The molecule has 0 N–H and O–H groups in total. The topological polar surface area (TPSA) is 35.0 Å². The molecule has 94 valence electrons. The minimum atomic E-state index is 0.357. The minimum Gasteiger partial charge on any atom is -0.437 e. The number of benzene rings is 1. The average Bonchev–Trinajstić information content (AvgIpc) is 2.40. The van der Waals surface area contributed by atoms with Crippen LogP contribution >= 0.6 is 11.6 Å². The Hall–Kier alpha value is -1.61. The lowest BCUT2D eigenvalue weighted by molar-refractivity contribution is 0.458. The van der Waals surface area contributed by atoms with Crippen molar-refractivity contribution in [1.82, 2.24) is 9.97 Å². The predicted octanol–water partition coefficient (Wildman–Crippen LogP) is 4.13. The van der Waals surface area contributed by atoms with Crippen LogP contribution in [-0.2, 0) is 5.88 Å². The smallest absolute Gasteiger partial charge is 0.237 e. The molecule has 0 spiro atoms. The molecule has 18 heavy (non-hydrogen) atoms. The molecule has 1 heterocycles. The number of nitrogens with zero attached hydrogens (tertiary/aromatic N) is 2. The van der Waals surface area contributed by atoms with Gasteiger partial charge in [-0.2, -0.15) is 0 Å². The molecule has 3 nitrogen and oxygen atoms in total. The highest BCUT2D eigenvalue weighted by Crippen LogP contribution is 2.23. The largest absolute Gasteiger partial charge is 0.437 e. The van der Waals surface area contributed by atoms with E-state index < -0.39 is 0 Å². The summed E-state index contributed by atoms with van der Waals surface area (Å²) in [6.07, 6.45) is 3.20. The molecule has 0 fully saturated rings. The lowest BCUT2D eigenvalue weighted by atomic mass is 10.0. The van der Waals surface area contributed by atoms with Crippen LogP contribution in [-0.4, -0.2) is 9.97 Å². The van der Waals surface area contributed by atoms with Gasteiger partial charge < -0.3 is 4.74 Å². The standard InChI is InChI=1S/C14H15ClN2O/c1-10(2)11-4-3-5-13(6-11)18-14-9-16-12(7-15)8-17-14/h3-6,8-10H,7H2,1-2H3. The predicted molar refractivity (Wildman–Crippen MR) is 72.2 cm³/mol. The highest BCUT2D eigenvalue weighted by molar-refractivity contribution is 6.16. The monoisotopic (exact) mass is 262 g/mol. The number of aromatic nitrogens is 2. The fourth-order valence-electron chi connectivity index (χ4n) is 1.52. The molecule has 0 atom stereocenters.